The van der Waals surface area contributed by atoms with Crippen molar-refractivity contribution in [2.45, 2.75) is 32.1 Å². The topological polar surface area (TPSA) is 152 Å². The van der Waals surface area contributed by atoms with E-state index in [9.17, 15) is 8.42 Å². The molecular weight excluding hydrogens is 538 g/mol. The molecule has 0 saturated carbocycles. The minimum Gasteiger partial charge on any atom is -0.494 e. The maximum Gasteiger partial charge on any atom is 0.243 e. The predicted octanol–water partition coefficient (Wildman–Crippen LogP) is 3.28. The smallest absolute Gasteiger partial charge is 0.243 e. The van der Waals surface area contributed by atoms with Crippen molar-refractivity contribution in [2.24, 2.45) is 0 Å². The fourth-order valence-corrected chi connectivity index (χ4v) is 5.20. The van der Waals surface area contributed by atoms with Crippen LogP contribution in [0.2, 0.25) is 0 Å². The molecule has 1 aromatic carbocycles. The van der Waals surface area contributed by atoms with Gasteiger partial charge in [-0.25, -0.2) is 23.4 Å². The van der Waals surface area contributed by atoms with Gasteiger partial charge in [-0.1, -0.05) is 6.07 Å². The molecular formula is C26H31N7O6S. The summed E-state index contributed by atoms with van der Waals surface area (Å²) in [6.45, 7) is 5.21. The van der Waals surface area contributed by atoms with Crippen molar-refractivity contribution in [3.05, 3.63) is 59.7 Å². The highest BCUT2D eigenvalue weighted by Crippen LogP contribution is 2.38. The van der Waals surface area contributed by atoms with Gasteiger partial charge in [0.1, 0.15) is 34.2 Å². The molecule has 2 atom stereocenters. The largest absolute Gasteiger partial charge is 0.494 e. The monoisotopic (exact) mass is 569 g/mol. The molecule has 40 heavy (non-hydrogen) atoms. The number of aromatic nitrogens is 6. The third-order valence-corrected chi connectivity index (χ3v) is 7.82. The van der Waals surface area contributed by atoms with E-state index in [1.165, 1.54) is 39.9 Å². The number of benzene rings is 1. The molecule has 0 amide bonds. The average Bonchev–Trinajstić information content (AvgIpc) is 3.35. The minimum atomic E-state index is -4.15. The molecule has 0 saturated heterocycles. The number of anilines is 1. The summed E-state index contributed by atoms with van der Waals surface area (Å²) in [5.41, 5.74) is 2.43. The van der Waals surface area contributed by atoms with Crippen LogP contribution in [0.5, 0.6) is 17.4 Å². The molecule has 13 nitrogen and oxygen atoms in total. The van der Waals surface area contributed by atoms with E-state index in [2.05, 4.69) is 29.9 Å². The summed E-state index contributed by atoms with van der Waals surface area (Å²) in [6.07, 6.45) is 2.24. The second kappa shape index (κ2) is 11.8. The number of methoxy groups -OCH3 is 4. The van der Waals surface area contributed by atoms with Gasteiger partial charge in [-0.3, -0.25) is 9.29 Å². The second-order valence-electron chi connectivity index (χ2n) is 8.89. The third-order valence-electron chi connectivity index (χ3n) is 6.13. The minimum absolute atomic E-state index is 0.119. The van der Waals surface area contributed by atoms with E-state index in [1.54, 1.807) is 42.7 Å². The number of pyridine rings is 1. The summed E-state index contributed by atoms with van der Waals surface area (Å²) < 4.78 is 53.5. The van der Waals surface area contributed by atoms with Gasteiger partial charge in [0.25, 0.3) is 0 Å². The van der Waals surface area contributed by atoms with Gasteiger partial charge in [-0.05, 0) is 50.1 Å². The lowest BCUT2D eigenvalue weighted by atomic mass is 10.2. The summed E-state index contributed by atoms with van der Waals surface area (Å²) >= 11 is 0. The number of ether oxygens (including phenoxy) is 4. The van der Waals surface area contributed by atoms with Gasteiger partial charge in [-0.15, -0.1) is 10.2 Å². The molecule has 0 spiro atoms. The fraction of sp³-hybridized carbons (Fsp3) is 0.346. The van der Waals surface area contributed by atoms with E-state index in [0.29, 0.717) is 28.8 Å². The number of para-hydroxylation sites is 1. The van der Waals surface area contributed by atoms with Crippen LogP contribution in [0.3, 0.4) is 0 Å². The molecule has 0 radical (unpaired) electrons. The zero-order chi connectivity index (χ0) is 29.0. The van der Waals surface area contributed by atoms with E-state index in [0.717, 1.165) is 11.1 Å². The Morgan fingerprint density at radius 3 is 2.12 bits per heavy atom. The van der Waals surface area contributed by atoms with Gasteiger partial charge in [0.15, 0.2) is 11.6 Å². The van der Waals surface area contributed by atoms with Crippen molar-refractivity contribution in [1.82, 2.24) is 29.7 Å². The van der Waals surface area contributed by atoms with Crippen LogP contribution in [0, 0.1) is 13.8 Å². The first kappa shape index (κ1) is 28.7. The summed E-state index contributed by atoms with van der Waals surface area (Å²) in [5, 5.41) is 7.39. The second-order valence-corrected chi connectivity index (χ2v) is 10.9. The van der Waals surface area contributed by atoms with Gasteiger partial charge in [0.05, 0.1) is 21.3 Å². The Kier molecular flexibility index (Phi) is 8.49. The molecule has 0 bridgehead atoms. The van der Waals surface area contributed by atoms with Crippen LogP contribution < -0.4 is 18.9 Å². The van der Waals surface area contributed by atoms with Crippen LogP contribution in [-0.4, -0.2) is 71.8 Å². The normalized spacial score (nSPS) is 13.0. The number of rotatable bonds is 11. The molecule has 0 aliphatic carbocycles. The third kappa shape index (κ3) is 5.67. The van der Waals surface area contributed by atoms with Crippen LogP contribution >= 0.6 is 0 Å². The standard InChI is InChI=1S/C26H31N7O6S/c1-15-11-18(29-21(12-15)38-6)25-30-31-26(33(25)22-19(36-4)9-8-10-20(22)37-5)32-40(34,35)17(3)23(39-7)24-27-13-16(2)14-28-24/h8-14,17,23H,1-7H3,(H,31,32)/t17-,23-/m0/s1. The summed E-state index contributed by atoms with van der Waals surface area (Å²) in [7, 11) is 1.74. The number of hydrogen-bond donors (Lipinski definition) is 1. The van der Waals surface area contributed by atoms with E-state index < -0.39 is 21.4 Å². The molecule has 4 aromatic rings. The van der Waals surface area contributed by atoms with Gasteiger partial charge in [0.2, 0.25) is 21.9 Å². The van der Waals surface area contributed by atoms with Crippen molar-refractivity contribution < 1.29 is 27.4 Å². The Morgan fingerprint density at radius 1 is 0.900 bits per heavy atom. The van der Waals surface area contributed by atoms with Crippen LogP contribution in [0.25, 0.3) is 17.2 Å². The lowest BCUT2D eigenvalue weighted by Crippen LogP contribution is -2.33. The predicted molar refractivity (Wildman–Crippen MR) is 148 cm³/mol. The number of aryl methyl sites for hydroxylation is 2. The lowest BCUT2D eigenvalue weighted by Gasteiger charge is -2.23. The first-order chi connectivity index (χ1) is 19.1. The van der Waals surface area contributed by atoms with Crippen molar-refractivity contribution >= 4 is 16.0 Å². The van der Waals surface area contributed by atoms with E-state index in [1.807, 2.05) is 13.8 Å². The zero-order valence-electron chi connectivity index (χ0n) is 23.2. The van der Waals surface area contributed by atoms with Crippen molar-refractivity contribution in [1.29, 1.82) is 0 Å². The van der Waals surface area contributed by atoms with Crippen LogP contribution in [0.15, 0.2) is 42.7 Å². The molecule has 3 heterocycles. The van der Waals surface area contributed by atoms with Gasteiger partial charge in [0, 0.05) is 25.6 Å². The quantitative estimate of drug-likeness (QED) is 0.283. The number of nitrogens with zero attached hydrogens (tertiary/aromatic N) is 6. The SMILES string of the molecule is COc1cc(C)cc(-c2nnc(NS(=O)(=O)[C@@H](C)[C@H](OC)c3ncc(C)cn3)n2-c2c(OC)cccc2OC)n1. The zero-order valence-corrected chi connectivity index (χ0v) is 24.1. The first-order valence-corrected chi connectivity index (χ1v) is 13.7. The summed E-state index contributed by atoms with van der Waals surface area (Å²) in [6, 6.07) is 8.71. The Bertz CT molecular complexity index is 1570. The van der Waals surface area contributed by atoms with Crippen LogP contribution in [0.4, 0.5) is 5.95 Å². The number of hydrogen-bond acceptors (Lipinski definition) is 11. The molecule has 1 N–H and O–H groups in total. The number of sulfonamides is 1. The number of nitrogens with one attached hydrogen (secondary N) is 1. The maximum absolute atomic E-state index is 13.7. The summed E-state index contributed by atoms with van der Waals surface area (Å²) in [4.78, 5) is 13.0. The Morgan fingerprint density at radius 2 is 1.55 bits per heavy atom. The molecule has 14 heteroatoms. The first-order valence-electron chi connectivity index (χ1n) is 12.2. The highest BCUT2D eigenvalue weighted by atomic mass is 32.2. The average molecular weight is 570 g/mol. The maximum atomic E-state index is 13.7. The Labute approximate surface area is 232 Å². The highest BCUT2D eigenvalue weighted by molar-refractivity contribution is 7.93. The molecule has 0 unspecified atom stereocenters. The van der Waals surface area contributed by atoms with Crippen LogP contribution in [-0.2, 0) is 14.8 Å². The fourth-order valence-electron chi connectivity index (χ4n) is 4.07. The van der Waals surface area contributed by atoms with E-state index in [-0.39, 0.29) is 17.6 Å². The molecule has 0 aliphatic rings. The Hall–Kier alpha value is -4.30. The molecule has 4 rings (SSSR count). The van der Waals surface area contributed by atoms with E-state index >= 15 is 0 Å². The molecule has 3 aromatic heterocycles. The van der Waals surface area contributed by atoms with Crippen molar-refractivity contribution in [3.63, 3.8) is 0 Å². The van der Waals surface area contributed by atoms with Crippen LogP contribution in [0.1, 0.15) is 30.0 Å². The van der Waals surface area contributed by atoms with Gasteiger partial charge in [-0.2, -0.15) is 0 Å². The van der Waals surface area contributed by atoms with Gasteiger partial charge >= 0.3 is 0 Å². The Balaban J connectivity index is 1.87. The summed E-state index contributed by atoms with van der Waals surface area (Å²) in [5.74, 6) is 1.46. The molecule has 0 fully saturated rings. The van der Waals surface area contributed by atoms with Crippen molar-refractivity contribution in [2.75, 3.05) is 33.2 Å². The van der Waals surface area contributed by atoms with Gasteiger partial charge < -0.3 is 18.9 Å². The molecule has 0 aliphatic heterocycles. The van der Waals surface area contributed by atoms with E-state index in [4.69, 9.17) is 18.9 Å². The molecule has 212 valence electrons. The highest BCUT2D eigenvalue weighted by Gasteiger charge is 2.35. The van der Waals surface area contributed by atoms with Crippen molar-refractivity contribution in [3.8, 4) is 34.6 Å². The lowest BCUT2D eigenvalue weighted by molar-refractivity contribution is 0.0949.